The topological polar surface area (TPSA) is 47.5 Å². The van der Waals surface area contributed by atoms with Gasteiger partial charge in [-0.3, -0.25) is 0 Å². The van der Waals surface area contributed by atoms with E-state index < -0.39 is 0 Å². The fraction of sp³-hybridized carbons (Fsp3) is 0.697. The van der Waals surface area contributed by atoms with E-state index in [4.69, 9.17) is 9.47 Å². The molecule has 0 spiro atoms. The summed E-state index contributed by atoms with van der Waals surface area (Å²) in [6.07, 6.45) is 27.7. The Balaban J connectivity index is 1.29. The van der Waals surface area contributed by atoms with E-state index in [0.717, 1.165) is 36.6 Å². The molecule has 4 heteroatoms. The summed E-state index contributed by atoms with van der Waals surface area (Å²) >= 11 is 0. The van der Waals surface area contributed by atoms with Crippen molar-refractivity contribution in [3.63, 3.8) is 0 Å². The van der Waals surface area contributed by atoms with Crippen LogP contribution in [0.4, 0.5) is 0 Å². The lowest BCUT2D eigenvalue weighted by Gasteiger charge is -2.14. The third kappa shape index (κ3) is 12.0. The predicted molar refractivity (Wildman–Crippen MR) is 155 cm³/mol. The van der Waals surface area contributed by atoms with Crippen LogP contribution in [0.5, 0.6) is 5.75 Å². The SMILES string of the molecule is CCCCCCCCCCc1cnc(-c2ccc(OC[C@]3(CCCCCCCCCC)CO3)cc2)nc1. The Kier molecular flexibility index (Phi) is 14.0. The standard InChI is InChI=1S/C33H52N2O2/c1-3-5-7-9-11-13-15-17-19-29-25-34-32(35-26-29)30-20-22-31(23-21-30)36-27-33(28-37-33)24-18-16-14-12-10-8-6-4-2/h20-23,25-26H,3-19,24,27-28H2,1-2H3/t33-/m1/s1. The van der Waals surface area contributed by atoms with Gasteiger partial charge >= 0.3 is 0 Å². The Morgan fingerprint density at radius 3 is 1.76 bits per heavy atom. The van der Waals surface area contributed by atoms with Crippen LogP contribution >= 0.6 is 0 Å². The van der Waals surface area contributed by atoms with Crippen LogP contribution in [-0.2, 0) is 11.2 Å². The van der Waals surface area contributed by atoms with Crippen molar-refractivity contribution in [2.45, 2.75) is 135 Å². The monoisotopic (exact) mass is 508 g/mol. The second-order valence-electron chi connectivity index (χ2n) is 11.1. The summed E-state index contributed by atoms with van der Waals surface area (Å²) in [5, 5.41) is 0. The highest BCUT2D eigenvalue weighted by Crippen LogP contribution is 2.34. The largest absolute Gasteiger partial charge is 0.490 e. The average molecular weight is 509 g/mol. The van der Waals surface area contributed by atoms with Crippen molar-refractivity contribution in [2.24, 2.45) is 0 Å². The van der Waals surface area contributed by atoms with Crippen molar-refractivity contribution < 1.29 is 9.47 Å². The third-order valence-corrected chi connectivity index (χ3v) is 7.68. The molecule has 206 valence electrons. The minimum absolute atomic E-state index is 0.0467. The van der Waals surface area contributed by atoms with E-state index in [1.54, 1.807) is 0 Å². The van der Waals surface area contributed by atoms with Gasteiger partial charge in [-0.1, -0.05) is 110 Å². The molecule has 1 atom stereocenters. The Morgan fingerprint density at radius 2 is 1.22 bits per heavy atom. The van der Waals surface area contributed by atoms with Crippen LogP contribution in [0.1, 0.15) is 129 Å². The van der Waals surface area contributed by atoms with Crippen molar-refractivity contribution in [1.29, 1.82) is 0 Å². The summed E-state index contributed by atoms with van der Waals surface area (Å²) in [5.74, 6) is 1.67. The molecular formula is C33H52N2O2. The zero-order chi connectivity index (χ0) is 26.0. The minimum Gasteiger partial charge on any atom is -0.490 e. The van der Waals surface area contributed by atoms with Crippen LogP contribution in [0.3, 0.4) is 0 Å². The smallest absolute Gasteiger partial charge is 0.159 e. The Morgan fingerprint density at radius 1 is 0.703 bits per heavy atom. The van der Waals surface area contributed by atoms with Gasteiger partial charge in [-0.2, -0.15) is 0 Å². The molecule has 2 heterocycles. The molecule has 0 aliphatic carbocycles. The molecule has 1 aromatic carbocycles. The first-order chi connectivity index (χ1) is 18.2. The molecule has 1 aliphatic rings. The van der Waals surface area contributed by atoms with Gasteiger partial charge in [0.15, 0.2) is 5.82 Å². The quantitative estimate of drug-likeness (QED) is 0.117. The fourth-order valence-corrected chi connectivity index (χ4v) is 4.99. The molecule has 1 saturated heterocycles. The summed E-state index contributed by atoms with van der Waals surface area (Å²) in [5.41, 5.74) is 2.22. The molecule has 4 nitrogen and oxygen atoms in total. The number of unbranched alkanes of at least 4 members (excludes halogenated alkanes) is 14. The summed E-state index contributed by atoms with van der Waals surface area (Å²) in [4.78, 5) is 9.24. The molecule has 1 aliphatic heterocycles. The fourth-order valence-electron chi connectivity index (χ4n) is 4.99. The van der Waals surface area contributed by atoms with Crippen LogP contribution in [0, 0.1) is 0 Å². The van der Waals surface area contributed by atoms with E-state index >= 15 is 0 Å². The number of ether oxygens (including phenoxy) is 2. The first-order valence-electron chi connectivity index (χ1n) is 15.4. The first kappa shape index (κ1) is 29.6. The van der Waals surface area contributed by atoms with E-state index in [1.165, 1.54) is 108 Å². The van der Waals surface area contributed by atoms with Crippen molar-refractivity contribution in [3.05, 3.63) is 42.2 Å². The molecule has 1 aromatic heterocycles. The number of aromatic nitrogens is 2. The number of aryl methyl sites for hydroxylation is 1. The van der Waals surface area contributed by atoms with Gasteiger partial charge in [-0.25, -0.2) is 9.97 Å². The van der Waals surface area contributed by atoms with E-state index in [-0.39, 0.29) is 5.60 Å². The summed E-state index contributed by atoms with van der Waals surface area (Å²) in [7, 11) is 0. The molecule has 0 saturated carbocycles. The summed E-state index contributed by atoms with van der Waals surface area (Å²) < 4.78 is 11.9. The normalized spacial score (nSPS) is 16.7. The van der Waals surface area contributed by atoms with Crippen molar-refractivity contribution in [1.82, 2.24) is 9.97 Å². The minimum atomic E-state index is -0.0467. The molecule has 37 heavy (non-hydrogen) atoms. The maximum Gasteiger partial charge on any atom is 0.159 e. The number of rotatable bonds is 22. The highest BCUT2D eigenvalue weighted by Gasteiger charge is 2.44. The molecule has 0 bridgehead atoms. The van der Waals surface area contributed by atoms with Gasteiger partial charge in [0.25, 0.3) is 0 Å². The zero-order valence-electron chi connectivity index (χ0n) is 23.8. The van der Waals surface area contributed by atoms with Crippen LogP contribution in [0.25, 0.3) is 11.4 Å². The lowest BCUT2D eigenvalue weighted by Crippen LogP contribution is -2.21. The van der Waals surface area contributed by atoms with Crippen LogP contribution < -0.4 is 4.74 Å². The molecule has 0 amide bonds. The van der Waals surface area contributed by atoms with E-state index in [2.05, 4.69) is 35.9 Å². The molecule has 1 fully saturated rings. The van der Waals surface area contributed by atoms with Crippen molar-refractivity contribution >= 4 is 0 Å². The maximum absolute atomic E-state index is 6.09. The molecular weight excluding hydrogens is 456 g/mol. The van der Waals surface area contributed by atoms with Crippen LogP contribution in [0.15, 0.2) is 36.7 Å². The molecule has 3 rings (SSSR count). The van der Waals surface area contributed by atoms with E-state index in [0.29, 0.717) is 6.61 Å². The summed E-state index contributed by atoms with van der Waals surface area (Å²) in [6, 6.07) is 8.17. The van der Waals surface area contributed by atoms with Crippen LogP contribution in [0.2, 0.25) is 0 Å². The van der Waals surface area contributed by atoms with E-state index in [9.17, 15) is 0 Å². The van der Waals surface area contributed by atoms with Gasteiger partial charge in [0.2, 0.25) is 0 Å². The number of benzene rings is 1. The number of nitrogens with zero attached hydrogens (tertiary/aromatic N) is 2. The van der Waals surface area contributed by atoms with Gasteiger partial charge < -0.3 is 9.47 Å². The number of epoxide rings is 1. The average Bonchev–Trinajstić information content (AvgIpc) is 3.71. The molecule has 2 aromatic rings. The summed E-state index contributed by atoms with van der Waals surface area (Å²) in [6.45, 7) is 6.03. The van der Waals surface area contributed by atoms with Crippen molar-refractivity contribution in [3.8, 4) is 17.1 Å². The molecule has 0 radical (unpaired) electrons. The lowest BCUT2D eigenvalue weighted by molar-refractivity contribution is 0.177. The highest BCUT2D eigenvalue weighted by atomic mass is 16.6. The van der Waals surface area contributed by atoms with Gasteiger partial charge in [0.1, 0.15) is 18.0 Å². The first-order valence-corrected chi connectivity index (χ1v) is 15.4. The number of hydrogen-bond donors (Lipinski definition) is 0. The zero-order valence-corrected chi connectivity index (χ0v) is 23.8. The van der Waals surface area contributed by atoms with Crippen LogP contribution in [-0.4, -0.2) is 28.8 Å². The van der Waals surface area contributed by atoms with Crippen molar-refractivity contribution in [2.75, 3.05) is 13.2 Å². The third-order valence-electron chi connectivity index (χ3n) is 7.68. The molecule has 0 N–H and O–H groups in total. The predicted octanol–water partition coefficient (Wildman–Crippen LogP) is 9.51. The Bertz CT molecular complexity index is 830. The number of hydrogen-bond acceptors (Lipinski definition) is 4. The molecule has 0 unspecified atom stereocenters. The second kappa shape index (κ2) is 17.5. The van der Waals surface area contributed by atoms with Gasteiger partial charge in [0.05, 0.1) is 6.61 Å². The van der Waals surface area contributed by atoms with Gasteiger partial charge in [-0.15, -0.1) is 0 Å². The second-order valence-corrected chi connectivity index (χ2v) is 11.1. The Labute approximate surface area is 227 Å². The lowest BCUT2D eigenvalue weighted by atomic mass is 10.0. The van der Waals surface area contributed by atoms with Gasteiger partial charge in [-0.05, 0) is 49.1 Å². The van der Waals surface area contributed by atoms with Gasteiger partial charge in [0, 0.05) is 18.0 Å². The Hall–Kier alpha value is -1.94. The maximum atomic E-state index is 6.09. The highest BCUT2D eigenvalue weighted by molar-refractivity contribution is 5.55. The van der Waals surface area contributed by atoms with E-state index in [1.807, 2.05) is 24.5 Å².